The minimum atomic E-state index is 0.753. The highest BCUT2D eigenvalue weighted by molar-refractivity contribution is 7.15. The van der Waals surface area contributed by atoms with Crippen LogP contribution < -0.4 is 10.2 Å². The summed E-state index contributed by atoms with van der Waals surface area (Å²) in [5, 5.41) is 4.35. The Morgan fingerprint density at radius 3 is 2.86 bits per heavy atom. The van der Waals surface area contributed by atoms with Crippen LogP contribution in [0.1, 0.15) is 23.4 Å². The summed E-state index contributed by atoms with van der Waals surface area (Å²) in [5.74, 6) is 0. The minimum absolute atomic E-state index is 0.753. The van der Waals surface area contributed by atoms with E-state index in [2.05, 4.69) is 29.2 Å². The lowest BCUT2D eigenvalue weighted by molar-refractivity contribution is 0.822. The summed E-state index contributed by atoms with van der Waals surface area (Å²) in [6.07, 6.45) is 2.66. The molecule has 2 rings (SSSR count). The maximum Gasteiger partial charge on any atom is 0.185 e. The third kappa shape index (κ3) is 1.91. The van der Waals surface area contributed by atoms with Gasteiger partial charge in [0.2, 0.25) is 0 Å². The molecule has 0 saturated heterocycles. The number of nitrogens with one attached hydrogen (secondary N) is 1. The van der Waals surface area contributed by atoms with E-state index < -0.39 is 0 Å². The van der Waals surface area contributed by atoms with E-state index >= 15 is 0 Å². The molecule has 4 heteroatoms. The molecule has 0 aliphatic heterocycles. The zero-order chi connectivity index (χ0) is 10.1. The summed E-state index contributed by atoms with van der Waals surface area (Å²) in [5.41, 5.74) is 1.17. The molecule has 1 aromatic rings. The van der Waals surface area contributed by atoms with Crippen LogP contribution in [0.2, 0.25) is 0 Å². The predicted molar refractivity (Wildman–Crippen MR) is 61.0 cm³/mol. The van der Waals surface area contributed by atoms with Crippen LogP contribution in [0.3, 0.4) is 0 Å². The SMILES string of the molecule is CNCc1sc(N(C)C2CC2)nc1C. The van der Waals surface area contributed by atoms with Crippen LogP contribution in [-0.4, -0.2) is 25.1 Å². The molecule has 0 aromatic carbocycles. The normalized spacial score (nSPS) is 15.9. The van der Waals surface area contributed by atoms with E-state index in [1.54, 1.807) is 0 Å². The molecule has 0 atom stereocenters. The lowest BCUT2D eigenvalue weighted by Gasteiger charge is -2.13. The Morgan fingerprint density at radius 1 is 1.57 bits per heavy atom. The lowest BCUT2D eigenvalue weighted by atomic mass is 10.4. The van der Waals surface area contributed by atoms with Crippen LogP contribution in [-0.2, 0) is 6.54 Å². The lowest BCUT2D eigenvalue weighted by Crippen LogP contribution is -2.18. The Kier molecular flexibility index (Phi) is 2.74. The number of aromatic nitrogens is 1. The zero-order valence-electron chi connectivity index (χ0n) is 9.00. The molecule has 0 unspecified atom stereocenters. The summed E-state index contributed by atoms with van der Waals surface area (Å²) in [4.78, 5) is 8.27. The smallest absolute Gasteiger partial charge is 0.185 e. The molecule has 0 amide bonds. The van der Waals surface area contributed by atoms with E-state index in [4.69, 9.17) is 0 Å². The van der Waals surface area contributed by atoms with Crippen molar-refractivity contribution in [3.63, 3.8) is 0 Å². The van der Waals surface area contributed by atoms with Gasteiger partial charge in [-0.1, -0.05) is 0 Å². The van der Waals surface area contributed by atoms with Crippen LogP contribution in [0.5, 0.6) is 0 Å². The topological polar surface area (TPSA) is 28.2 Å². The van der Waals surface area contributed by atoms with Crippen molar-refractivity contribution in [3.8, 4) is 0 Å². The molecule has 1 fully saturated rings. The molecule has 1 aliphatic rings. The van der Waals surface area contributed by atoms with Gasteiger partial charge in [-0.3, -0.25) is 0 Å². The van der Waals surface area contributed by atoms with E-state index in [0.717, 1.165) is 12.6 Å². The minimum Gasteiger partial charge on any atom is -0.348 e. The van der Waals surface area contributed by atoms with Crippen molar-refractivity contribution >= 4 is 16.5 Å². The first-order chi connectivity index (χ1) is 6.72. The number of nitrogens with zero attached hydrogens (tertiary/aromatic N) is 2. The third-order valence-corrected chi connectivity index (χ3v) is 3.86. The second-order valence-electron chi connectivity index (χ2n) is 3.88. The molecule has 1 aliphatic carbocycles. The van der Waals surface area contributed by atoms with Crippen LogP contribution in [0.25, 0.3) is 0 Å². The molecule has 1 N–H and O–H groups in total. The van der Waals surface area contributed by atoms with Crippen LogP contribution in [0.4, 0.5) is 5.13 Å². The van der Waals surface area contributed by atoms with E-state index in [9.17, 15) is 0 Å². The van der Waals surface area contributed by atoms with Crippen LogP contribution >= 0.6 is 11.3 Å². The molecule has 78 valence electrons. The number of hydrogen-bond donors (Lipinski definition) is 1. The first kappa shape index (κ1) is 9.93. The fourth-order valence-electron chi connectivity index (χ4n) is 1.51. The van der Waals surface area contributed by atoms with Gasteiger partial charge in [0.15, 0.2) is 5.13 Å². The van der Waals surface area contributed by atoms with Gasteiger partial charge in [0.1, 0.15) is 0 Å². The van der Waals surface area contributed by atoms with Crippen molar-refractivity contribution in [1.82, 2.24) is 10.3 Å². The second-order valence-corrected chi connectivity index (χ2v) is 4.94. The maximum atomic E-state index is 4.59. The zero-order valence-corrected chi connectivity index (χ0v) is 9.82. The molecular weight excluding hydrogens is 194 g/mol. The van der Waals surface area contributed by atoms with Gasteiger partial charge in [0, 0.05) is 24.5 Å². The van der Waals surface area contributed by atoms with E-state index in [0.29, 0.717) is 0 Å². The average molecular weight is 211 g/mol. The summed E-state index contributed by atoms with van der Waals surface area (Å²) >= 11 is 1.81. The number of thiazole rings is 1. The fourth-order valence-corrected chi connectivity index (χ4v) is 2.61. The third-order valence-electron chi connectivity index (χ3n) is 2.62. The Hall–Kier alpha value is -0.610. The van der Waals surface area contributed by atoms with Crippen molar-refractivity contribution in [2.75, 3.05) is 19.0 Å². The Labute approximate surface area is 89.1 Å². The molecule has 0 bridgehead atoms. The molecule has 3 nitrogen and oxygen atoms in total. The number of hydrogen-bond acceptors (Lipinski definition) is 4. The van der Waals surface area contributed by atoms with Crippen molar-refractivity contribution < 1.29 is 0 Å². The highest BCUT2D eigenvalue weighted by Crippen LogP contribution is 2.33. The Morgan fingerprint density at radius 2 is 2.29 bits per heavy atom. The van der Waals surface area contributed by atoms with Gasteiger partial charge < -0.3 is 10.2 Å². The van der Waals surface area contributed by atoms with E-state index in [1.165, 1.54) is 28.5 Å². The van der Waals surface area contributed by atoms with Gasteiger partial charge in [0.25, 0.3) is 0 Å². The van der Waals surface area contributed by atoms with E-state index in [-0.39, 0.29) is 0 Å². The highest BCUT2D eigenvalue weighted by atomic mass is 32.1. The van der Waals surface area contributed by atoms with Gasteiger partial charge in [-0.25, -0.2) is 4.98 Å². The average Bonchev–Trinajstić information content (AvgIpc) is 2.93. The first-order valence-corrected chi connectivity index (χ1v) is 5.87. The van der Waals surface area contributed by atoms with Gasteiger partial charge in [-0.05, 0) is 26.8 Å². The first-order valence-electron chi connectivity index (χ1n) is 5.06. The van der Waals surface area contributed by atoms with Crippen LogP contribution in [0.15, 0.2) is 0 Å². The second kappa shape index (κ2) is 3.87. The summed E-state index contributed by atoms with van der Waals surface area (Å²) in [6.45, 7) is 3.02. The monoisotopic (exact) mass is 211 g/mol. The predicted octanol–water partition coefficient (Wildman–Crippen LogP) is 1.77. The number of anilines is 1. The Bertz CT molecular complexity index is 317. The van der Waals surface area contributed by atoms with Crippen molar-refractivity contribution in [2.45, 2.75) is 32.4 Å². The molecule has 1 saturated carbocycles. The largest absolute Gasteiger partial charge is 0.348 e. The molecule has 14 heavy (non-hydrogen) atoms. The standard InChI is InChI=1S/C10H17N3S/c1-7-9(6-11-2)14-10(12-7)13(3)8-4-5-8/h8,11H,4-6H2,1-3H3. The van der Waals surface area contributed by atoms with Crippen LogP contribution in [0, 0.1) is 6.92 Å². The number of aryl methyl sites for hydroxylation is 1. The molecular formula is C10H17N3S. The van der Waals surface area contributed by atoms with Crippen molar-refractivity contribution in [2.24, 2.45) is 0 Å². The quantitative estimate of drug-likeness (QED) is 0.822. The van der Waals surface area contributed by atoms with Gasteiger partial charge in [-0.15, -0.1) is 11.3 Å². The number of rotatable bonds is 4. The summed E-state index contributed by atoms with van der Waals surface area (Å²) in [6, 6.07) is 0.753. The van der Waals surface area contributed by atoms with E-state index in [1.807, 2.05) is 18.4 Å². The van der Waals surface area contributed by atoms with Crippen molar-refractivity contribution in [3.05, 3.63) is 10.6 Å². The molecule has 1 heterocycles. The van der Waals surface area contributed by atoms with Crippen molar-refractivity contribution in [1.29, 1.82) is 0 Å². The highest BCUT2D eigenvalue weighted by Gasteiger charge is 2.28. The molecule has 1 aromatic heterocycles. The van der Waals surface area contributed by atoms with Gasteiger partial charge >= 0.3 is 0 Å². The summed E-state index contributed by atoms with van der Waals surface area (Å²) in [7, 11) is 4.13. The van der Waals surface area contributed by atoms with Gasteiger partial charge in [-0.2, -0.15) is 0 Å². The molecule has 0 spiro atoms. The fraction of sp³-hybridized carbons (Fsp3) is 0.700. The summed E-state index contributed by atoms with van der Waals surface area (Å²) < 4.78 is 0. The Balaban J connectivity index is 2.13. The maximum absolute atomic E-state index is 4.59. The van der Waals surface area contributed by atoms with Gasteiger partial charge in [0.05, 0.1) is 5.69 Å². The molecule has 0 radical (unpaired) electrons.